The van der Waals surface area contributed by atoms with E-state index in [4.69, 9.17) is 4.42 Å². The van der Waals surface area contributed by atoms with Crippen LogP contribution in [0.25, 0.3) is 50.3 Å². The smallest absolute Gasteiger partial charge is 0.299 e. The second-order valence-corrected chi connectivity index (χ2v) is 8.46. The Hall–Kier alpha value is -4.18. The van der Waals surface area contributed by atoms with E-state index < -0.39 is 0 Å². The van der Waals surface area contributed by atoms with Crippen molar-refractivity contribution >= 4 is 22.1 Å². The molecule has 33 heavy (non-hydrogen) atoms. The van der Waals surface area contributed by atoms with Crippen LogP contribution in [0.3, 0.4) is 0 Å². The Labute approximate surface area is 192 Å². The number of oxazole rings is 1. The monoisotopic (exact) mass is 430 g/mol. The molecule has 6 rings (SSSR count). The average molecular weight is 431 g/mol. The molecule has 0 aliphatic heterocycles. The summed E-state index contributed by atoms with van der Waals surface area (Å²) in [5.74, 6) is 1.75. The maximum Gasteiger partial charge on any atom is 0.299 e. The predicted octanol–water partition coefficient (Wildman–Crippen LogP) is 6.55. The molecule has 4 aromatic carbocycles. The number of aromatic nitrogens is 3. The highest BCUT2D eigenvalue weighted by molar-refractivity contribution is 5.92. The largest absolute Gasteiger partial charge is 0.440 e. The van der Waals surface area contributed by atoms with Crippen molar-refractivity contribution in [3.8, 4) is 28.2 Å². The van der Waals surface area contributed by atoms with Crippen molar-refractivity contribution in [2.75, 3.05) is 0 Å². The molecule has 0 unspecified atom stereocenters. The number of rotatable bonds is 3. The summed E-state index contributed by atoms with van der Waals surface area (Å²) in [5.41, 5.74) is 9.75. The second kappa shape index (κ2) is 7.45. The molecule has 4 heteroatoms. The van der Waals surface area contributed by atoms with Crippen LogP contribution < -0.4 is 4.57 Å². The lowest BCUT2D eigenvalue weighted by Gasteiger charge is -2.08. The molecule has 0 N–H and O–H groups in total. The molecule has 160 valence electrons. The quantitative estimate of drug-likeness (QED) is 0.299. The van der Waals surface area contributed by atoms with Crippen molar-refractivity contribution in [1.29, 1.82) is 0 Å². The van der Waals surface area contributed by atoms with Crippen LogP contribution in [0.4, 0.5) is 0 Å². The van der Waals surface area contributed by atoms with E-state index in [1.807, 2.05) is 19.1 Å². The zero-order valence-corrected chi connectivity index (χ0v) is 18.9. The van der Waals surface area contributed by atoms with E-state index in [9.17, 15) is 0 Å². The van der Waals surface area contributed by atoms with E-state index in [1.165, 1.54) is 11.1 Å². The first-order chi connectivity index (χ1) is 16.1. The van der Waals surface area contributed by atoms with Crippen LogP contribution >= 0.6 is 0 Å². The maximum atomic E-state index is 6.12. The van der Waals surface area contributed by atoms with Gasteiger partial charge in [0.05, 0.1) is 7.05 Å². The van der Waals surface area contributed by atoms with Gasteiger partial charge in [0.1, 0.15) is 16.8 Å². The van der Waals surface area contributed by atoms with E-state index in [1.54, 1.807) is 0 Å². The minimum absolute atomic E-state index is 0.675. The summed E-state index contributed by atoms with van der Waals surface area (Å²) in [4.78, 5) is 4.59. The number of imidazole rings is 1. The van der Waals surface area contributed by atoms with Crippen LogP contribution in [0.5, 0.6) is 0 Å². The molecule has 6 aromatic rings. The van der Waals surface area contributed by atoms with Gasteiger partial charge in [0.25, 0.3) is 5.82 Å². The van der Waals surface area contributed by atoms with Gasteiger partial charge in [-0.15, -0.1) is 0 Å². The lowest BCUT2D eigenvalue weighted by Crippen LogP contribution is -2.30. The average Bonchev–Trinajstić information content (AvgIpc) is 3.37. The van der Waals surface area contributed by atoms with Gasteiger partial charge in [0.15, 0.2) is 22.5 Å². The Morgan fingerprint density at radius 1 is 0.758 bits per heavy atom. The first-order valence-electron chi connectivity index (χ1n) is 11.1. The third kappa shape index (κ3) is 3.06. The standard InChI is InChI=1S/C29H24N3O/c1-19-13-18-24-28(33-20(2)30-24)27(19)29-31(3)25-11-7-8-12-26(25)32(29)23-16-14-22(15-17-23)21-9-5-4-6-10-21/h4-18H,1-3H3/q+1. The Morgan fingerprint density at radius 2 is 1.45 bits per heavy atom. The number of para-hydroxylation sites is 2. The van der Waals surface area contributed by atoms with Crippen molar-refractivity contribution in [3.05, 3.63) is 102 Å². The number of aryl methyl sites for hydroxylation is 3. The van der Waals surface area contributed by atoms with Crippen LogP contribution in [-0.2, 0) is 7.05 Å². The Kier molecular flexibility index (Phi) is 4.40. The van der Waals surface area contributed by atoms with Gasteiger partial charge < -0.3 is 4.42 Å². The minimum atomic E-state index is 0.675. The molecular formula is C29H24N3O+. The van der Waals surface area contributed by atoms with Crippen molar-refractivity contribution in [1.82, 2.24) is 9.55 Å². The molecule has 4 nitrogen and oxygen atoms in total. The Balaban J connectivity index is 1.65. The number of hydrogen-bond acceptors (Lipinski definition) is 2. The highest BCUT2D eigenvalue weighted by Crippen LogP contribution is 2.35. The topological polar surface area (TPSA) is 34.8 Å². The lowest BCUT2D eigenvalue weighted by molar-refractivity contribution is -0.633. The summed E-state index contributed by atoms with van der Waals surface area (Å²) in [7, 11) is 2.12. The predicted molar refractivity (Wildman–Crippen MR) is 132 cm³/mol. The molecule has 2 heterocycles. The summed E-state index contributed by atoms with van der Waals surface area (Å²) >= 11 is 0. The van der Waals surface area contributed by atoms with Crippen molar-refractivity contribution in [2.45, 2.75) is 13.8 Å². The number of benzene rings is 4. The van der Waals surface area contributed by atoms with Crippen molar-refractivity contribution in [2.24, 2.45) is 7.05 Å². The van der Waals surface area contributed by atoms with Gasteiger partial charge >= 0.3 is 0 Å². The molecule has 0 aliphatic rings. The molecule has 0 saturated heterocycles. The van der Waals surface area contributed by atoms with Crippen LogP contribution in [0, 0.1) is 13.8 Å². The zero-order chi connectivity index (χ0) is 22.5. The number of hydrogen-bond donors (Lipinski definition) is 0. The summed E-state index contributed by atoms with van der Waals surface area (Å²) in [6.45, 7) is 4.03. The minimum Gasteiger partial charge on any atom is -0.440 e. The molecule has 0 radical (unpaired) electrons. The van der Waals surface area contributed by atoms with E-state index in [2.05, 4.69) is 107 Å². The fraction of sp³-hybridized carbons (Fsp3) is 0.103. The van der Waals surface area contributed by atoms with E-state index >= 15 is 0 Å². The summed E-state index contributed by atoms with van der Waals surface area (Å²) in [6.07, 6.45) is 0. The summed E-state index contributed by atoms with van der Waals surface area (Å²) in [6, 6.07) is 31.9. The Bertz CT molecular complexity index is 1620. The van der Waals surface area contributed by atoms with Crippen LogP contribution in [0.15, 0.2) is 95.4 Å². The van der Waals surface area contributed by atoms with Gasteiger partial charge in [0.2, 0.25) is 0 Å². The number of fused-ring (bicyclic) bond motifs is 2. The third-order valence-electron chi connectivity index (χ3n) is 6.34. The van der Waals surface area contributed by atoms with E-state index in [0.29, 0.717) is 5.89 Å². The van der Waals surface area contributed by atoms with Crippen LogP contribution in [0.1, 0.15) is 11.5 Å². The molecule has 2 aromatic heterocycles. The molecule has 0 atom stereocenters. The highest BCUT2D eigenvalue weighted by atomic mass is 16.3. The van der Waals surface area contributed by atoms with Gasteiger partial charge in [-0.1, -0.05) is 60.7 Å². The molecule has 0 aliphatic carbocycles. The van der Waals surface area contributed by atoms with Gasteiger partial charge in [0, 0.05) is 6.92 Å². The van der Waals surface area contributed by atoms with Gasteiger partial charge in [-0.2, -0.15) is 4.57 Å². The fourth-order valence-corrected chi connectivity index (χ4v) is 4.77. The molecule has 0 amide bonds. The number of nitrogens with zero attached hydrogens (tertiary/aromatic N) is 3. The molecule has 0 spiro atoms. The molecular weight excluding hydrogens is 406 g/mol. The summed E-state index contributed by atoms with van der Waals surface area (Å²) < 4.78 is 10.7. The Morgan fingerprint density at radius 3 is 2.24 bits per heavy atom. The fourth-order valence-electron chi connectivity index (χ4n) is 4.77. The van der Waals surface area contributed by atoms with Gasteiger partial charge in [-0.25, -0.2) is 9.55 Å². The zero-order valence-electron chi connectivity index (χ0n) is 18.9. The normalized spacial score (nSPS) is 11.5. The third-order valence-corrected chi connectivity index (χ3v) is 6.34. The highest BCUT2D eigenvalue weighted by Gasteiger charge is 2.30. The lowest BCUT2D eigenvalue weighted by atomic mass is 10.0. The first kappa shape index (κ1) is 19.5. The first-order valence-corrected chi connectivity index (χ1v) is 11.1. The van der Waals surface area contributed by atoms with E-state index in [-0.39, 0.29) is 0 Å². The second-order valence-electron chi connectivity index (χ2n) is 8.46. The van der Waals surface area contributed by atoms with Gasteiger partial charge in [-0.05, 0) is 53.9 Å². The van der Waals surface area contributed by atoms with E-state index in [0.717, 1.165) is 44.8 Å². The maximum absolute atomic E-state index is 6.12. The van der Waals surface area contributed by atoms with Crippen LogP contribution in [0.2, 0.25) is 0 Å². The van der Waals surface area contributed by atoms with Crippen molar-refractivity contribution in [3.63, 3.8) is 0 Å². The molecule has 0 saturated carbocycles. The van der Waals surface area contributed by atoms with Crippen LogP contribution in [-0.4, -0.2) is 9.55 Å². The SMILES string of the molecule is Cc1nc2ccc(C)c(-c3n(-c4ccc(-c5ccccc5)cc4)c4ccccc4[n+]3C)c2o1. The van der Waals surface area contributed by atoms with Gasteiger partial charge in [-0.3, -0.25) is 0 Å². The summed E-state index contributed by atoms with van der Waals surface area (Å²) in [5, 5.41) is 0. The molecule has 0 fully saturated rings. The molecule has 0 bridgehead atoms. The van der Waals surface area contributed by atoms with Crippen molar-refractivity contribution < 1.29 is 8.98 Å².